The maximum atomic E-state index is 10.4. The molecule has 1 saturated heterocycles. The number of aliphatic hydroxyl groups excluding tert-OH is 1. The zero-order valence-corrected chi connectivity index (χ0v) is 12.8. The highest BCUT2D eigenvalue weighted by molar-refractivity contribution is 5.43. The highest BCUT2D eigenvalue weighted by atomic mass is 16.6. The summed E-state index contributed by atoms with van der Waals surface area (Å²) < 4.78 is 11.7. The Labute approximate surface area is 135 Å². The second-order valence-corrected chi connectivity index (χ2v) is 5.94. The van der Waals surface area contributed by atoms with Gasteiger partial charge in [-0.3, -0.25) is 4.90 Å². The summed E-state index contributed by atoms with van der Waals surface area (Å²) >= 11 is 0. The van der Waals surface area contributed by atoms with Crippen LogP contribution in [-0.2, 0) is 6.54 Å². The predicted molar refractivity (Wildman–Crippen MR) is 87.0 cm³/mol. The van der Waals surface area contributed by atoms with E-state index in [4.69, 9.17) is 9.47 Å². The van der Waals surface area contributed by atoms with Crippen LogP contribution in [0.3, 0.4) is 0 Å². The van der Waals surface area contributed by atoms with Crippen molar-refractivity contribution in [3.63, 3.8) is 0 Å². The van der Waals surface area contributed by atoms with Crippen LogP contribution in [0, 0.1) is 0 Å². The van der Waals surface area contributed by atoms with Crippen LogP contribution in [-0.4, -0.2) is 28.7 Å². The van der Waals surface area contributed by atoms with Gasteiger partial charge in [-0.25, -0.2) is 0 Å². The van der Waals surface area contributed by atoms with Gasteiger partial charge < -0.3 is 14.6 Å². The van der Waals surface area contributed by atoms with Gasteiger partial charge in [-0.1, -0.05) is 42.5 Å². The van der Waals surface area contributed by atoms with Gasteiger partial charge in [0.15, 0.2) is 17.3 Å². The summed E-state index contributed by atoms with van der Waals surface area (Å²) in [5.41, 5.74) is 1.23. The largest absolute Gasteiger partial charge is 0.457 e. The molecule has 4 rings (SSSR count). The second-order valence-electron chi connectivity index (χ2n) is 5.94. The summed E-state index contributed by atoms with van der Waals surface area (Å²) in [6.07, 6.45) is 1.91. The molecule has 2 unspecified atom stereocenters. The highest BCUT2D eigenvalue weighted by Crippen LogP contribution is 2.36. The molecule has 23 heavy (non-hydrogen) atoms. The summed E-state index contributed by atoms with van der Waals surface area (Å²) in [4.78, 5) is 2.24. The normalized spacial score (nSPS) is 23.6. The molecular formula is C19H19NO3. The number of ether oxygens (including phenoxy) is 2. The molecule has 0 bridgehead atoms. The van der Waals surface area contributed by atoms with Gasteiger partial charge in [-0.05, 0) is 24.1 Å². The molecule has 0 spiro atoms. The predicted octanol–water partition coefficient (Wildman–Crippen LogP) is 2.93. The highest BCUT2D eigenvalue weighted by Gasteiger charge is 2.38. The summed E-state index contributed by atoms with van der Waals surface area (Å²) in [6, 6.07) is 17.7. The molecule has 0 amide bonds. The van der Waals surface area contributed by atoms with E-state index in [1.54, 1.807) is 6.26 Å². The van der Waals surface area contributed by atoms with Gasteiger partial charge in [0, 0.05) is 13.1 Å². The molecule has 1 fully saturated rings. The van der Waals surface area contributed by atoms with E-state index in [-0.39, 0.29) is 6.04 Å². The molecule has 4 nitrogen and oxygen atoms in total. The van der Waals surface area contributed by atoms with Crippen LogP contribution in [0.15, 0.2) is 66.6 Å². The number of likely N-dealkylation sites (tertiary alicyclic amines) is 1. The Morgan fingerprint density at radius 2 is 1.74 bits per heavy atom. The SMILES string of the molecule is OC1CCN(Cc2ccccc2)C1C1=COc2ccccc2O1. The summed E-state index contributed by atoms with van der Waals surface area (Å²) in [5, 5.41) is 10.4. The lowest BCUT2D eigenvalue weighted by molar-refractivity contribution is 0.102. The van der Waals surface area contributed by atoms with Gasteiger partial charge in [-0.15, -0.1) is 0 Å². The van der Waals surface area contributed by atoms with Crippen LogP contribution in [0.25, 0.3) is 0 Å². The minimum Gasteiger partial charge on any atom is -0.457 e. The number of hydrogen-bond acceptors (Lipinski definition) is 4. The molecule has 0 aromatic heterocycles. The van der Waals surface area contributed by atoms with Crippen molar-refractivity contribution >= 4 is 0 Å². The van der Waals surface area contributed by atoms with E-state index in [0.717, 1.165) is 19.5 Å². The minimum atomic E-state index is -0.446. The van der Waals surface area contributed by atoms with Crippen molar-refractivity contribution < 1.29 is 14.6 Å². The molecule has 2 atom stereocenters. The molecular weight excluding hydrogens is 290 g/mol. The van der Waals surface area contributed by atoms with Crippen molar-refractivity contribution in [2.75, 3.05) is 6.54 Å². The van der Waals surface area contributed by atoms with E-state index < -0.39 is 6.10 Å². The molecule has 0 saturated carbocycles. The number of hydrogen-bond donors (Lipinski definition) is 1. The third-order valence-corrected chi connectivity index (χ3v) is 4.37. The fraction of sp³-hybridized carbons (Fsp3) is 0.263. The van der Waals surface area contributed by atoms with E-state index in [2.05, 4.69) is 17.0 Å². The molecule has 0 radical (unpaired) electrons. The van der Waals surface area contributed by atoms with Crippen molar-refractivity contribution in [3.05, 3.63) is 72.2 Å². The van der Waals surface area contributed by atoms with Crippen LogP contribution in [0.5, 0.6) is 11.5 Å². The van der Waals surface area contributed by atoms with E-state index in [0.29, 0.717) is 17.3 Å². The lowest BCUT2D eigenvalue weighted by Gasteiger charge is -2.30. The van der Waals surface area contributed by atoms with E-state index >= 15 is 0 Å². The average Bonchev–Trinajstić information content (AvgIpc) is 2.96. The van der Waals surface area contributed by atoms with Crippen LogP contribution in [0.2, 0.25) is 0 Å². The lowest BCUT2D eigenvalue weighted by Crippen LogP contribution is -2.39. The molecule has 4 heteroatoms. The third kappa shape index (κ3) is 2.83. The van der Waals surface area contributed by atoms with Crippen molar-refractivity contribution in [1.29, 1.82) is 0 Å². The summed E-state index contributed by atoms with van der Waals surface area (Å²) in [5.74, 6) is 2.08. The fourth-order valence-electron chi connectivity index (χ4n) is 3.24. The smallest absolute Gasteiger partial charge is 0.169 e. The quantitative estimate of drug-likeness (QED) is 0.946. The van der Waals surface area contributed by atoms with Gasteiger partial charge in [0.05, 0.1) is 12.1 Å². The minimum absolute atomic E-state index is 0.177. The Morgan fingerprint density at radius 3 is 2.57 bits per heavy atom. The van der Waals surface area contributed by atoms with Crippen LogP contribution >= 0.6 is 0 Å². The molecule has 118 valence electrons. The monoisotopic (exact) mass is 309 g/mol. The summed E-state index contributed by atoms with van der Waals surface area (Å²) in [7, 11) is 0. The first-order valence-corrected chi connectivity index (χ1v) is 7.91. The number of nitrogens with zero attached hydrogens (tertiary/aromatic N) is 1. The molecule has 2 aliphatic rings. The molecule has 2 heterocycles. The maximum absolute atomic E-state index is 10.4. The Kier molecular flexibility index (Phi) is 3.77. The number of benzene rings is 2. The first-order valence-electron chi connectivity index (χ1n) is 7.91. The first kappa shape index (κ1) is 14.3. The van der Waals surface area contributed by atoms with Gasteiger partial charge in [0.1, 0.15) is 6.26 Å². The maximum Gasteiger partial charge on any atom is 0.169 e. The Bertz CT molecular complexity index is 714. The van der Waals surface area contributed by atoms with Crippen molar-refractivity contribution in [2.24, 2.45) is 0 Å². The number of aliphatic hydroxyl groups is 1. The third-order valence-electron chi connectivity index (χ3n) is 4.37. The zero-order chi connectivity index (χ0) is 15.6. The Balaban J connectivity index is 1.55. The average molecular weight is 309 g/mol. The standard InChI is InChI=1S/C19H19NO3/c21-15-10-11-20(12-14-6-2-1-3-7-14)19(15)18-13-22-16-8-4-5-9-17(16)23-18/h1-9,13,15,19,21H,10-12H2. The summed E-state index contributed by atoms with van der Waals surface area (Å²) in [6.45, 7) is 1.62. The molecule has 2 aromatic carbocycles. The van der Waals surface area contributed by atoms with Gasteiger partial charge >= 0.3 is 0 Å². The van der Waals surface area contributed by atoms with E-state index in [1.165, 1.54) is 5.56 Å². The van der Waals surface area contributed by atoms with Gasteiger partial charge in [-0.2, -0.15) is 0 Å². The Morgan fingerprint density at radius 1 is 1.00 bits per heavy atom. The van der Waals surface area contributed by atoms with Crippen LogP contribution in [0.1, 0.15) is 12.0 Å². The number of rotatable bonds is 3. The topological polar surface area (TPSA) is 41.9 Å². The Hall–Kier alpha value is -2.30. The molecule has 2 aromatic rings. The van der Waals surface area contributed by atoms with E-state index in [9.17, 15) is 5.11 Å². The molecule has 1 N–H and O–H groups in total. The van der Waals surface area contributed by atoms with Crippen LogP contribution in [0.4, 0.5) is 0 Å². The van der Waals surface area contributed by atoms with Crippen LogP contribution < -0.4 is 9.47 Å². The first-order chi connectivity index (χ1) is 11.3. The number of para-hydroxylation sites is 2. The van der Waals surface area contributed by atoms with Gasteiger partial charge in [0.2, 0.25) is 0 Å². The fourth-order valence-corrected chi connectivity index (χ4v) is 3.24. The van der Waals surface area contributed by atoms with Crippen molar-refractivity contribution in [2.45, 2.75) is 25.1 Å². The van der Waals surface area contributed by atoms with E-state index in [1.807, 2.05) is 42.5 Å². The molecule has 2 aliphatic heterocycles. The van der Waals surface area contributed by atoms with Crippen molar-refractivity contribution in [3.8, 4) is 11.5 Å². The molecule has 0 aliphatic carbocycles. The van der Waals surface area contributed by atoms with Gasteiger partial charge in [0.25, 0.3) is 0 Å². The second kappa shape index (κ2) is 6.07. The number of fused-ring (bicyclic) bond motifs is 1. The lowest BCUT2D eigenvalue weighted by atomic mass is 10.1. The zero-order valence-electron chi connectivity index (χ0n) is 12.8. The van der Waals surface area contributed by atoms with Crippen molar-refractivity contribution in [1.82, 2.24) is 4.90 Å².